The monoisotopic (exact) mass is 162 g/mol. The standard InChI is InChI=1S/C9H15BN2/c1-12-4-2-9(3-5-12)6-10(7-9)8-11/h2-7H2,1H3. The molecule has 0 unspecified atom stereocenters. The smallest absolute Gasteiger partial charge is 0.268 e. The summed E-state index contributed by atoms with van der Waals surface area (Å²) in [6.45, 7) is 2.85. The first-order valence-electron chi connectivity index (χ1n) is 4.82. The highest BCUT2D eigenvalue weighted by molar-refractivity contribution is 6.70. The van der Waals surface area contributed by atoms with E-state index in [2.05, 4.69) is 17.9 Å². The fourth-order valence-electron chi connectivity index (χ4n) is 2.58. The quantitative estimate of drug-likeness (QED) is 0.501. The van der Waals surface area contributed by atoms with Crippen molar-refractivity contribution in [1.82, 2.24) is 4.90 Å². The molecule has 0 amide bonds. The first-order valence-corrected chi connectivity index (χ1v) is 4.82. The lowest BCUT2D eigenvalue weighted by Crippen LogP contribution is -2.48. The predicted octanol–water partition coefficient (Wildman–Crippen LogP) is 1.27. The lowest BCUT2D eigenvalue weighted by atomic mass is 9.26. The maximum Gasteiger partial charge on any atom is 0.268 e. The van der Waals surface area contributed by atoms with Gasteiger partial charge in [-0.2, -0.15) is 0 Å². The number of nitriles is 1. The Morgan fingerprint density at radius 2 is 1.92 bits per heavy atom. The van der Waals surface area contributed by atoms with E-state index in [1.165, 1.54) is 38.6 Å². The molecule has 64 valence electrons. The number of rotatable bonds is 0. The molecular formula is C9H15BN2. The zero-order chi connectivity index (χ0) is 8.60. The second-order valence-electron chi connectivity index (χ2n) is 4.54. The Balaban J connectivity index is 1.88. The molecule has 2 heterocycles. The molecule has 0 radical (unpaired) electrons. The van der Waals surface area contributed by atoms with E-state index in [-0.39, 0.29) is 0 Å². The van der Waals surface area contributed by atoms with Crippen molar-refractivity contribution < 1.29 is 0 Å². The minimum atomic E-state index is 0.383. The second-order valence-corrected chi connectivity index (χ2v) is 4.54. The van der Waals surface area contributed by atoms with E-state index in [1.54, 1.807) is 0 Å². The van der Waals surface area contributed by atoms with Crippen LogP contribution in [0.3, 0.4) is 0 Å². The third-order valence-electron chi connectivity index (χ3n) is 3.59. The van der Waals surface area contributed by atoms with Crippen LogP contribution in [0.5, 0.6) is 0 Å². The maximum atomic E-state index is 8.69. The lowest BCUT2D eigenvalue weighted by Gasteiger charge is -2.48. The van der Waals surface area contributed by atoms with Gasteiger partial charge < -0.3 is 4.90 Å². The summed E-state index contributed by atoms with van der Waals surface area (Å²) in [7, 11) is 2.19. The molecule has 0 aromatic rings. The van der Waals surface area contributed by atoms with Gasteiger partial charge in [0, 0.05) is 5.97 Å². The Hall–Kier alpha value is -0.485. The summed E-state index contributed by atoms with van der Waals surface area (Å²) in [5.74, 6) is 2.37. The van der Waals surface area contributed by atoms with Gasteiger partial charge in [0.1, 0.15) is 0 Å². The molecule has 1 spiro atoms. The van der Waals surface area contributed by atoms with Crippen molar-refractivity contribution in [2.45, 2.75) is 25.5 Å². The minimum absolute atomic E-state index is 0.383. The number of hydrogen-bond donors (Lipinski definition) is 0. The van der Waals surface area contributed by atoms with Crippen LogP contribution >= 0.6 is 0 Å². The summed E-state index contributed by atoms with van der Waals surface area (Å²) >= 11 is 0. The van der Waals surface area contributed by atoms with Gasteiger partial charge in [-0.25, -0.2) is 5.26 Å². The Labute approximate surface area is 74.6 Å². The highest BCUT2D eigenvalue weighted by atomic mass is 15.1. The molecule has 12 heavy (non-hydrogen) atoms. The van der Waals surface area contributed by atoms with E-state index in [1.807, 2.05) is 0 Å². The van der Waals surface area contributed by atoms with Crippen LogP contribution in [0.4, 0.5) is 0 Å². The summed E-state index contributed by atoms with van der Waals surface area (Å²) < 4.78 is 0. The molecule has 2 nitrogen and oxygen atoms in total. The summed E-state index contributed by atoms with van der Waals surface area (Å²) in [5.41, 5.74) is 0.590. The second kappa shape index (κ2) is 2.78. The Kier molecular flexibility index (Phi) is 1.88. The van der Waals surface area contributed by atoms with Crippen LogP contribution in [0, 0.1) is 16.6 Å². The normalized spacial score (nSPS) is 28.2. The SMILES string of the molecule is CN1CCC2(CC1)CB(C#N)C2. The molecule has 2 saturated heterocycles. The molecular weight excluding hydrogens is 147 g/mol. The van der Waals surface area contributed by atoms with Gasteiger partial charge in [-0.1, -0.05) is 12.6 Å². The van der Waals surface area contributed by atoms with Crippen molar-refractivity contribution in [2.24, 2.45) is 5.41 Å². The molecule has 0 aromatic heterocycles. The zero-order valence-corrected chi connectivity index (χ0v) is 7.71. The van der Waals surface area contributed by atoms with Crippen LogP contribution in [0.25, 0.3) is 0 Å². The van der Waals surface area contributed by atoms with Gasteiger partial charge in [0.15, 0.2) is 0 Å². The van der Waals surface area contributed by atoms with E-state index in [0.717, 1.165) is 0 Å². The zero-order valence-electron chi connectivity index (χ0n) is 7.71. The van der Waals surface area contributed by atoms with E-state index >= 15 is 0 Å². The topological polar surface area (TPSA) is 27.0 Å². The molecule has 0 bridgehead atoms. The van der Waals surface area contributed by atoms with Crippen LogP contribution < -0.4 is 0 Å². The van der Waals surface area contributed by atoms with Crippen molar-refractivity contribution in [3.8, 4) is 5.97 Å². The maximum absolute atomic E-state index is 8.69. The van der Waals surface area contributed by atoms with Crippen molar-refractivity contribution >= 4 is 6.71 Å². The van der Waals surface area contributed by atoms with E-state index in [4.69, 9.17) is 5.26 Å². The molecule has 2 aliphatic rings. The number of likely N-dealkylation sites (tertiary alicyclic amines) is 1. The summed E-state index contributed by atoms with van der Waals surface area (Å²) in [6, 6.07) is 0. The largest absolute Gasteiger partial charge is 0.306 e. The van der Waals surface area contributed by atoms with E-state index < -0.39 is 0 Å². The molecule has 0 aliphatic carbocycles. The Morgan fingerprint density at radius 3 is 2.42 bits per heavy atom. The molecule has 3 heteroatoms. The fraction of sp³-hybridized carbons (Fsp3) is 0.889. The van der Waals surface area contributed by atoms with Crippen molar-refractivity contribution in [3.05, 3.63) is 0 Å². The molecule has 0 N–H and O–H groups in total. The lowest BCUT2D eigenvalue weighted by molar-refractivity contribution is 0.140. The van der Waals surface area contributed by atoms with Crippen LogP contribution in [0.15, 0.2) is 0 Å². The third kappa shape index (κ3) is 1.25. The predicted molar refractivity (Wildman–Crippen MR) is 50.1 cm³/mol. The van der Waals surface area contributed by atoms with Gasteiger partial charge in [-0.15, -0.1) is 0 Å². The highest BCUT2D eigenvalue weighted by Gasteiger charge is 2.47. The molecule has 0 saturated carbocycles. The Bertz CT molecular complexity index is 205. The van der Waals surface area contributed by atoms with Crippen LogP contribution in [0.2, 0.25) is 12.6 Å². The Morgan fingerprint density at radius 1 is 1.33 bits per heavy atom. The first kappa shape index (κ1) is 8.13. The average Bonchev–Trinajstić information content (AvgIpc) is 2.02. The molecule has 2 fully saturated rings. The van der Waals surface area contributed by atoms with Crippen molar-refractivity contribution in [1.29, 1.82) is 5.26 Å². The van der Waals surface area contributed by atoms with Gasteiger partial charge in [0.05, 0.1) is 0 Å². The van der Waals surface area contributed by atoms with Gasteiger partial charge >= 0.3 is 0 Å². The van der Waals surface area contributed by atoms with Crippen molar-refractivity contribution in [3.63, 3.8) is 0 Å². The minimum Gasteiger partial charge on any atom is -0.306 e. The van der Waals surface area contributed by atoms with E-state index in [9.17, 15) is 0 Å². The number of piperidine rings is 1. The summed E-state index contributed by atoms with van der Waals surface area (Å²) in [4.78, 5) is 2.39. The molecule has 0 atom stereocenters. The first-order chi connectivity index (χ1) is 5.74. The van der Waals surface area contributed by atoms with Crippen LogP contribution in [-0.2, 0) is 0 Å². The van der Waals surface area contributed by atoms with Crippen molar-refractivity contribution in [2.75, 3.05) is 20.1 Å². The number of nitrogens with zero attached hydrogens (tertiary/aromatic N) is 2. The molecule has 2 rings (SSSR count). The molecule has 0 aromatic carbocycles. The van der Waals surface area contributed by atoms with Gasteiger partial charge in [0.25, 0.3) is 6.71 Å². The third-order valence-corrected chi connectivity index (χ3v) is 3.59. The van der Waals surface area contributed by atoms with E-state index in [0.29, 0.717) is 12.1 Å². The fourth-order valence-corrected chi connectivity index (χ4v) is 2.58. The van der Waals surface area contributed by atoms with Gasteiger partial charge in [0.2, 0.25) is 0 Å². The molecule has 2 aliphatic heterocycles. The van der Waals surface area contributed by atoms with Gasteiger partial charge in [-0.05, 0) is 38.4 Å². The van der Waals surface area contributed by atoms with Crippen LogP contribution in [-0.4, -0.2) is 31.7 Å². The van der Waals surface area contributed by atoms with Gasteiger partial charge in [-0.3, -0.25) is 0 Å². The summed E-state index contributed by atoms with van der Waals surface area (Å²) in [5, 5.41) is 8.69. The van der Waals surface area contributed by atoms with Crippen LogP contribution in [0.1, 0.15) is 12.8 Å². The average molecular weight is 162 g/mol. The summed E-state index contributed by atoms with van der Waals surface area (Å²) in [6.07, 6.45) is 5.00. The number of hydrogen-bond acceptors (Lipinski definition) is 2. The highest BCUT2D eigenvalue weighted by Crippen LogP contribution is 2.49.